The van der Waals surface area contributed by atoms with Gasteiger partial charge in [0.2, 0.25) is 0 Å². The van der Waals surface area contributed by atoms with E-state index in [4.69, 9.17) is 5.11 Å². The number of aromatic hydroxyl groups is 3. The van der Waals surface area contributed by atoms with E-state index >= 15 is 0 Å². The van der Waals surface area contributed by atoms with E-state index in [1.807, 2.05) is 6.08 Å². The molecule has 2 rings (SSSR count). The molecule has 0 heterocycles. The van der Waals surface area contributed by atoms with Crippen LogP contribution >= 0.6 is 0 Å². The average molecular weight is 437 g/mol. The zero-order valence-electron chi connectivity index (χ0n) is 9.74. The molecule has 0 unspecified atom stereocenters. The number of phenols is 3. The molecule has 3 N–H and O–H groups in total. The van der Waals surface area contributed by atoms with Crippen molar-refractivity contribution in [2.24, 2.45) is 0 Å². The molecule has 0 saturated heterocycles. The van der Waals surface area contributed by atoms with Gasteiger partial charge in [0.05, 0.1) is 0 Å². The normalized spacial score (nSPS) is 10.2. The second-order valence-electron chi connectivity index (χ2n) is 3.71. The molecule has 0 atom stereocenters. The molecule has 0 bridgehead atoms. The summed E-state index contributed by atoms with van der Waals surface area (Å²) in [5, 5.41) is 27.7. The summed E-state index contributed by atoms with van der Waals surface area (Å²) in [7, 11) is 0. The first-order valence-corrected chi connectivity index (χ1v) is 5.13. The van der Waals surface area contributed by atoms with Crippen molar-refractivity contribution in [3.63, 3.8) is 0 Å². The van der Waals surface area contributed by atoms with Crippen LogP contribution in [0.1, 0.15) is 11.1 Å². The Hall–Kier alpha value is -1.50. The molecule has 18 heavy (non-hydrogen) atoms. The van der Waals surface area contributed by atoms with Crippen LogP contribution in [0.5, 0.6) is 17.2 Å². The third-order valence-corrected chi connectivity index (χ3v) is 2.29. The van der Waals surface area contributed by atoms with Gasteiger partial charge in [0.15, 0.2) is 0 Å². The Morgan fingerprint density at radius 3 is 1.67 bits per heavy atom. The first-order chi connectivity index (χ1) is 8.13. The molecular weight excluding hydrogens is 423 g/mol. The van der Waals surface area contributed by atoms with Crippen LogP contribution in [0.15, 0.2) is 42.5 Å². The van der Waals surface area contributed by atoms with Crippen LogP contribution in [0.4, 0.5) is 0 Å². The second-order valence-corrected chi connectivity index (χ2v) is 3.71. The quantitative estimate of drug-likeness (QED) is 0.498. The van der Waals surface area contributed by atoms with E-state index in [9.17, 15) is 10.2 Å². The first kappa shape index (κ1) is 14.6. The summed E-state index contributed by atoms with van der Waals surface area (Å²) in [6.07, 6.45) is 3.60. The van der Waals surface area contributed by atoms with Gasteiger partial charge in [-0.3, -0.25) is 0 Å². The molecule has 4 heteroatoms. The molecule has 0 aromatic heterocycles. The maximum absolute atomic E-state index is 9.30. The predicted octanol–water partition coefficient (Wildman–Crippen LogP) is 2.06. The van der Waals surface area contributed by atoms with E-state index in [1.54, 1.807) is 42.5 Å². The molecule has 3 nitrogen and oxygen atoms in total. The third-order valence-electron chi connectivity index (χ3n) is 2.29. The molecule has 2 aromatic rings. The van der Waals surface area contributed by atoms with Gasteiger partial charge in [-0.15, -0.1) is 0 Å². The molecular formula is C14H14O3Pb. The molecule has 0 fully saturated rings. The summed E-state index contributed by atoms with van der Waals surface area (Å²) in [4.78, 5) is 0. The second kappa shape index (κ2) is 6.44. The first-order valence-electron chi connectivity index (χ1n) is 5.13. The van der Waals surface area contributed by atoms with Gasteiger partial charge < -0.3 is 15.3 Å². The zero-order chi connectivity index (χ0) is 12.3. The molecule has 92 valence electrons. The Morgan fingerprint density at radius 1 is 0.611 bits per heavy atom. The maximum atomic E-state index is 9.30. The number of rotatable bonds is 2. The Morgan fingerprint density at radius 2 is 1.11 bits per heavy atom. The fourth-order valence-corrected chi connectivity index (χ4v) is 1.49. The van der Waals surface area contributed by atoms with Crippen molar-refractivity contribution in [1.29, 1.82) is 0 Å². The van der Waals surface area contributed by atoms with Crippen LogP contribution in [0.3, 0.4) is 0 Å². The summed E-state index contributed by atoms with van der Waals surface area (Å²) in [6.45, 7) is 0. The predicted molar refractivity (Wildman–Crippen MR) is 75.4 cm³/mol. The molecule has 0 saturated carbocycles. The standard InChI is InChI=1S/C14H12O3.Pb.2H/c15-12-5-3-10(4-6-12)1-2-11-7-13(16)9-14(17)8-11;;;/h1-9,15-17H;;;. The van der Waals surface area contributed by atoms with Crippen LogP contribution in [-0.4, -0.2) is 42.6 Å². The Kier molecular flexibility index (Phi) is 5.21. The molecule has 2 radical (unpaired) electrons. The average Bonchev–Trinajstić information content (AvgIpc) is 2.27. The van der Waals surface area contributed by atoms with E-state index in [-0.39, 0.29) is 44.5 Å². The number of phenolic OH excluding ortho intramolecular Hbond substituents is 3. The van der Waals surface area contributed by atoms with Gasteiger partial charge in [-0.2, -0.15) is 0 Å². The zero-order valence-corrected chi connectivity index (χ0v) is 15.2. The molecule has 0 aliphatic carbocycles. The van der Waals surface area contributed by atoms with Crippen molar-refractivity contribution in [3.8, 4) is 17.2 Å². The topological polar surface area (TPSA) is 60.7 Å². The number of hydrogen-bond acceptors (Lipinski definition) is 3. The van der Waals surface area contributed by atoms with E-state index in [1.165, 1.54) is 6.07 Å². The van der Waals surface area contributed by atoms with Gasteiger partial charge in [0.25, 0.3) is 0 Å². The van der Waals surface area contributed by atoms with Crippen LogP contribution in [0.25, 0.3) is 12.2 Å². The molecule has 0 amide bonds. The van der Waals surface area contributed by atoms with Gasteiger partial charge in [-0.25, -0.2) is 0 Å². The van der Waals surface area contributed by atoms with Crippen molar-refractivity contribution >= 4 is 39.5 Å². The van der Waals surface area contributed by atoms with Crippen LogP contribution in [0.2, 0.25) is 0 Å². The summed E-state index contributed by atoms with van der Waals surface area (Å²) in [5.74, 6) is 0.267. The number of hydrogen-bond donors (Lipinski definition) is 3. The van der Waals surface area contributed by atoms with E-state index in [0.29, 0.717) is 5.56 Å². The summed E-state index contributed by atoms with van der Waals surface area (Å²) < 4.78 is 0. The monoisotopic (exact) mass is 438 g/mol. The van der Waals surface area contributed by atoms with Crippen molar-refractivity contribution < 1.29 is 15.3 Å². The molecule has 0 aliphatic rings. The molecule has 2 aromatic carbocycles. The Labute approximate surface area is 125 Å². The molecule has 0 spiro atoms. The minimum atomic E-state index is 0. The number of benzene rings is 2. The fourth-order valence-electron chi connectivity index (χ4n) is 1.49. The van der Waals surface area contributed by atoms with E-state index in [0.717, 1.165) is 5.56 Å². The van der Waals surface area contributed by atoms with Crippen molar-refractivity contribution in [1.82, 2.24) is 0 Å². The third kappa shape index (κ3) is 4.07. The van der Waals surface area contributed by atoms with E-state index < -0.39 is 0 Å². The summed E-state index contributed by atoms with van der Waals surface area (Å²) in [5.41, 5.74) is 1.63. The minimum absolute atomic E-state index is 0. The van der Waals surface area contributed by atoms with Gasteiger partial charge in [-0.1, -0.05) is 24.3 Å². The Bertz CT molecular complexity index is 527. The van der Waals surface area contributed by atoms with Crippen molar-refractivity contribution in [2.45, 2.75) is 0 Å². The van der Waals surface area contributed by atoms with Crippen LogP contribution in [-0.2, 0) is 0 Å². The van der Waals surface area contributed by atoms with Crippen LogP contribution in [0, 0.1) is 0 Å². The van der Waals surface area contributed by atoms with Crippen molar-refractivity contribution in [2.75, 3.05) is 0 Å². The molecule has 0 aliphatic heterocycles. The van der Waals surface area contributed by atoms with Gasteiger partial charge in [0, 0.05) is 6.07 Å². The fraction of sp³-hybridized carbons (Fsp3) is 0. The van der Waals surface area contributed by atoms with Gasteiger partial charge in [0.1, 0.15) is 17.2 Å². The Balaban J connectivity index is 0.00000162. The SMILES string of the molecule is Oc1ccc(C=Cc2cc(O)cc(O)c2)cc1.[PbH2]. The summed E-state index contributed by atoms with van der Waals surface area (Å²) in [6, 6.07) is 11.1. The van der Waals surface area contributed by atoms with Crippen molar-refractivity contribution in [3.05, 3.63) is 53.6 Å². The van der Waals surface area contributed by atoms with Crippen LogP contribution < -0.4 is 0 Å². The summed E-state index contributed by atoms with van der Waals surface area (Å²) >= 11 is 0. The van der Waals surface area contributed by atoms with E-state index in [2.05, 4.69) is 0 Å². The van der Waals surface area contributed by atoms with Gasteiger partial charge in [-0.05, 0) is 35.4 Å². The van der Waals surface area contributed by atoms with Gasteiger partial charge >= 0.3 is 27.3 Å².